The van der Waals surface area contributed by atoms with Crippen LogP contribution in [-0.4, -0.2) is 25.4 Å². The van der Waals surface area contributed by atoms with E-state index in [0.717, 1.165) is 23.5 Å². The number of pyridine rings is 1. The number of anilines is 1. The molecule has 3 aromatic heterocycles. The van der Waals surface area contributed by atoms with Gasteiger partial charge in [0.1, 0.15) is 5.82 Å². The molecule has 2 N–H and O–H groups in total. The Bertz CT molecular complexity index is 833. The number of imidazole rings is 1. The van der Waals surface area contributed by atoms with E-state index in [1.807, 2.05) is 12.3 Å². The first kappa shape index (κ1) is 12.8. The quantitative estimate of drug-likeness (QED) is 0.762. The van der Waals surface area contributed by atoms with Gasteiger partial charge in [-0.15, -0.1) is 0 Å². The van der Waals surface area contributed by atoms with Crippen molar-refractivity contribution in [2.75, 3.05) is 5.32 Å². The van der Waals surface area contributed by atoms with Crippen LogP contribution in [0.4, 0.5) is 5.69 Å². The smallest absolute Gasteiger partial charge is 0.258 e. The lowest BCUT2D eigenvalue weighted by atomic mass is 10.0. The second-order valence-corrected chi connectivity index (χ2v) is 5.46. The highest BCUT2D eigenvalue weighted by Gasteiger charge is 2.28. The number of nitrogens with zero attached hydrogens (tertiary/aromatic N) is 3. The van der Waals surface area contributed by atoms with Crippen molar-refractivity contribution in [2.24, 2.45) is 0 Å². The molecule has 0 saturated heterocycles. The predicted octanol–water partition coefficient (Wildman–Crippen LogP) is 2.64. The summed E-state index contributed by atoms with van der Waals surface area (Å²) in [4.78, 5) is 24.2. The van der Waals surface area contributed by atoms with Crippen LogP contribution in [0.25, 0.3) is 11.4 Å². The summed E-state index contributed by atoms with van der Waals surface area (Å²) in [6.07, 6.45) is 9.65. The number of rotatable bonds is 2. The maximum absolute atomic E-state index is 12.6. The van der Waals surface area contributed by atoms with Crippen LogP contribution < -0.4 is 5.32 Å². The fraction of sp³-hybridized carbons (Fsp3) is 0.188. The summed E-state index contributed by atoms with van der Waals surface area (Å²) in [7, 11) is 0. The van der Waals surface area contributed by atoms with Crippen LogP contribution >= 0.6 is 0 Å². The van der Waals surface area contributed by atoms with Gasteiger partial charge in [0.05, 0.1) is 23.0 Å². The normalized spacial score (nSPS) is 16.0. The molecule has 0 bridgehead atoms. The SMILES string of the molecule is C[C@H]1Cc2[nH]cc(C(=O)Nc3cccnc3)c2-c2nccn21. The average molecular weight is 293 g/mol. The molecule has 3 aromatic rings. The zero-order valence-corrected chi connectivity index (χ0v) is 12.1. The lowest BCUT2D eigenvalue weighted by molar-refractivity contribution is 0.102. The highest BCUT2D eigenvalue weighted by atomic mass is 16.1. The highest BCUT2D eigenvalue weighted by Crippen LogP contribution is 2.35. The fourth-order valence-corrected chi connectivity index (χ4v) is 2.95. The molecule has 1 atom stereocenters. The fourth-order valence-electron chi connectivity index (χ4n) is 2.95. The van der Waals surface area contributed by atoms with Crippen LogP contribution in [0.3, 0.4) is 0 Å². The van der Waals surface area contributed by atoms with Crippen molar-refractivity contribution in [1.29, 1.82) is 0 Å². The van der Waals surface area contributed by atoms with Crippen molar-refractivity contribution in [2.45, 2.75) is 19.4 Å². The second kappa shape index (κ2) is 4.84. The minimum absolute atomic E-state index is 0.158. The van der Waals surface area contributed by atoms with Gasteiger partial charge in [0.15, 0.2) is 0 Å². The van der Waals surface area contributed by atoms with Gasteiger partial charge >= 0.3 is 0 Å². The number of fused-ring (bicyclic) bond motifs is 3. The third kappa shape index (κ3) is 1.92. The summed E-state index contributed by atoms with van der Waals surface area (Å²) in [5.41, 5.74) is 3.24. The number of nitrogens with one attached hydrogen (secondary N) is 2. The van der Waals surface area contributed by atoms with Gasteiger partial charge in [0.2, 0.25) is 0 Å². The molecular weight excluding hydrogens is 278 g/mol. The second-order valence-electron chi connectivity index (χ2n) is 5.46. The zero-order valence-electron chi connectivity index (χ0n) is 12.1. The number of hydrogen-bond acceptors (Lipinski definition) is 3. The van der Waals surface area contributed by atoms with Crippen LogP contribution in [-0.2, 0) is 6.42 Å². The van der Waals surface area contributed by atoms with Crippen molar-refractivity contribution in [1.82, 2.24) is 19.5 Å². The molecule has 4 heterocycles. The first-order valence-corrected chi connectivity index (χ1v) is 7.19. The van der Waals surface area contributed by atoms with Gasteiger partial charge in [0, 0.05) is 42.9 Å². The molecule has 22 heavy (non-hydrogen) atoms. The van der Waals surface area contributed by atoms with Crippen LogP contribution in [0.2, 0.25) is 0 Å². The van der Waals surface area contributed by atoms with Crippen LogP contribution in [0.1, 0.15) is 29.0 Å². The summed E-state index contributed by atoms with van der Waals surface area (Å²) < 4.78 is 2.11. The molecule has 6 nitrogen and oxygen atoms in total. The molecule has 0 aromatic carbocycles. The topological polar surface area (TPSA) is 75.6 Å². The number of aromatic amines is 1. The van der Waals surface area contributed by atoms with Crippen LogP contribution in [0.5, 0.6) is 0 Å². The Labute approximate surface area is 127 Å². The molecule has 110 valence electrons. The summed E-state index contributed by atoms with van der Waals surface area (Å²) in [6, 6.07) is 3.93. The Morgan fingerprint density at radius 1 is 1.45 bits per heavy atom. The number of H-pyrrole nitrogens is 1. The van der Waals surface area contributed by atoms with Gasteiger partial charge in [-0.3, -0.25) is 9.78 Å². The van der Waals surface area contributed by atoms with Crippen molar-refractivity contribution in [3.05, 3.63) is 54.4 Å². The van der Waals surface area contributed by atoms with E-state index in [2.05, 4.69) is 31.8 Å². The van der Waals surface area contributed by atoms with Gasteiger partial charge in [-0.2, -0.15) is 0 Å². The van der Waals surface area contributed by atoms with Gasteiger partial charge < -0.3 is 14.9 Å². The average Bonchev–Trinajstić information content (AvgIpc) is 3.14. The summed E-state index contributed by atoms with van der Waals surface area (Å²) in [6.45, 7) is 2.14. The molecule has 6 heteroatoms. The maximum atomic E-state index is 12.6. The van der Waals surface area contributed by atoms with E-state index in [0.29, 0.717) is 17.3 Å². The number of aromatic nitrogens is 4. The summed E-state index contributed by atoms with van der Waals surface area (Å²) in [5.74, 6) is 0.681. The minimum atomic E-state index is -0.158. The predicted molar refractivity (Wildman–Crippen MR) is 82.6 cm³/mol. The van der Waals surface area contributed by atoms with Gasteiger partial charge in [-0.05, 0) is 19.1 Å². The Kier molecular flexibility index (Phi) is 2.82. The largest absolute Gasteiger partial charge is 0.364 e. The van der Waals surface area contributed by atoms with Crippen molar-refractivity contribution in [3.8, 4) is 11.4 Å². The van der Waals surface area contributed by atoms with Crippen molar-refractivity contribution in [3.63, 3.8) is 0 Å². The standard InChI is InChI=1S/C16H15N5O/c1-10-7-13-14(15-18-5-6-21(10)15)12(9-19-13)16(22)20-11-3-2-4-17-8-11/h2-6,8-10,19H,7H2,1H3,(H,20,22)/t10-/m0/s1. The molecule has 1 aliphatic rings. The minimum Gasteiger partial charge on any atom is -0.364 e. The Hall–Kier alpha value is -2.89. The molecule has 0 unspecified atom stereocenters. The lowest BCUT2D eigenvalue weighted by Gasteiger charge is -2.22. The molecule has 0 spiro atoms. The van der Waals surface area contributed by atoms with E-state index >= 15 is 0 Å². The maximum Gasteiger partial charge on any atom is 0.258 e. The molecule has 0 saturated carbocycles. The van der Waals surface area contributed by atoms with E-state index in [-0.39, 0.29) is 5.91 Å². The van der Waals surface area contributed by atoms with E-state index < -0.39 is 0 Å². The Balaban J connectivity index is 1.73. The first-order chi connectivity index (χ1) is 10.7. The number of hydrogen-bond donors (Lipinski definition) is 2. The number of carbonyl (C=O) groups is 1. The van der Waals surface area contributed by atoms with E-state index in [9.17, 15) is 4.79 Å². The number of carbonyl (C=O) groups excluding carboxylic acids is 1. The summed E-state index contributed by atoms with van der Waals surface area (Å²) >= 11 is 0. The molecule has 1 aliphatic heterocycles. The summed E-state index contributed by atoms with van der Waals surface area (Å²) in [5, 5.41) is 2.87. The zero-order chi connectivity index (χ0) is 15.1. The molecule has 4 rings (SSSR count). The molecule has 0 aliphatic carbocycles. The monoisotopic (exact) mass is 293 g/mol. The molecule has 0 fully saturated rings. The van der Waals surface area contributed by atoms with Gasteiger partial charge in [0.25, 0.3) is 5.91 Å². The van der Waals surface area contributed by atoms with E-state index in [4.69, 9.17) is 0 Å². The lowest BCUT2D eigenvalue weighted by Crippen LogP contribution is -2.18. The van der Waals surface area contributed by atoms with E-state index in [1.165, 1.54) is 0 Å². The molecule has 0 radical (unpaired) electrons. The Morgan fingerprint density at radius 3 is 3.18 bits per heavy atom. The molecular formula is C16H15N5O. The Morgan fingerprint density at radius 2 is 2.36 bits per heavy atom. The third-order valence-corrected chi connectivity index (χ3v) is 3.99. The van der Waals surface area contributed by atoms with Crippen LogP contribution in [0.15, 0.2) is 43.1 Å². The first-order valence-electron chi connectivity index (χ1n) is 7.19. The van der Waals surface area contributed by atoms with Gasteiger partial charge in [-0.1, -0.05) is 0 Å². The third-order valence-electron chi connectivity index (χ3n) is 3.99. The van der Waals surface area contributed by atoms with E-state index in [1.54, 1.807) is 30.9 Å². The van der Waals surface area contributed by atoms with Gasteiger partial charge in [-0.25, -0.2) is 4.98 Å². The van der Waals surface area contributed by atoms with Crippen molar-refractivity contribution < 1.29 is 4.79 Å². The van der Waals surface area contributed by atoms with Crippen LogP contribution in [0, 0.1) is 0 Å². The highest BCUT2D eigenvalue weighted by molar-refractivity contribution is 6.08. The molecule has 1 amide bonds. The number of amides is 1. The van der Waals surface area contributed by atoms with Crippen molar-refractivity contribution >= 4 is 11.6 Å².